The summed E-state index contributed by atoms with van der Waals surface area (Å²) in [5, 5.41) is 7.82. The van der Waals surface area contributed by atoms with Crippen LogP contribution in [0.15, 0.2) is 12.4 Å². The van der Waals surface area contributed by atoms with Crippen molar-refractivity contribution in [2.75, 3.05) is 26.8 Å². The second kappa shape index (κ2) is 7.65. The van der Waals surface area contributed by atoms with Crippen LogP contribution >= 0.6 is 0 Å². The Balaban J connectivity index is 1.85. The number of hydrogen-bond acceptors (Lipinski definition) is 3. The predicted molar refractivity (Wildman–Crippen MR) is 77.1 cm³/mol. The molecule has 1 heterocycles. The zero-order chi connectivity index (χ0) is 13.5. The van der Waals surface area contributed by atoms with Crippen molar-refractivity contribution in [1.29, 1.82) is 0 Å². The Bertz CT molecular complexity index is 358. The first-order chi connectivity index (χ1) is 9.29. The van der Waals surface area contributed by atoms with Crippen molar-refractivity contribution < 1.29 is 4.74 Å². The van der Waals surface area contributed by atoms with Gasteiger partial charge in [0.05, 0.1) is 12.8 Å². The fourth-order valence-corrected chi connectivity index (χ4v) is 3.18. The molecule has 4 nitrogen and oxygen atoms in total. The molecule has 1 unspecified atom stereocenters. The molecule has 19 heavy (non-hydrogen) atoms. The van der Waals surface area contributed by atoms with Gasteiger partial charge in [-0.15, -0.1) is 0 Å². The fourth-order valence-electron chi connectivity index (χ4n) is 3.18. The lowest BCUT2D eigenvalue weighted by Crippen LogP contribution is -2.31. The van der Waals surface area contributed by atoms with Crippen molar-refractivity contribution >= 4 is 0 Å². The van der Waals surface area contributed by atoms with Gasteiger partial charge in [0, 0.05) is 26.9 Å². The highest BCUT2D eigenvalue weighted by molar-refractivity contribution is 5.05. The Kier molecular flexibility index (Phi) is 5.86. The highest BCUT2D eigenvalue weighted by atomic mass is 16.5. The van der Waals surface area contributed by atoms with E-state index in [0.717, 1.165) is 38.0 Å². The van der Waals surface area contributed by atoms with Gasteiger partial charge in [-0.3, -0.25) is 4.68 Å². The van der Waals surface area contributed by atoms with Crippen LogP contribution < -0.4 is 5.32 Å². The van der Waals surface area contributed by atoms with E-state index >= 15 is 0 Å². The van der Waals surface area contributed by atoms with E-state index in [1.54, 1.807) is 7.11 Å². The molecule has 0 bridgehead atoms. The average Bonchev–Trinajstić information content (AvgIpc) is 3.04. The third-order valence-electron chi connectivity index (χ3n) is 4.21. The van der Waals surface area contributed by atoms with Crippen LogP contribution in [0.1, 0.15) is 31.2 Å². The summed E-state index contributed by atoms with van der Waals surface area (Å²) in [6.45, 7) is 2.85. The molecule has 0 amide bonds. The molecule has 108 valence electrons. The maximum Gasteiger partial charge on any atom is 0.0587 e. The number of rotatable bonds is 8. The number of ether oxygens (including phenoxy) is 1. The van der Waals surface area contributed by atoms with Gasteiger partial charge in [0.1, 0.15) is 0 Å². The highest BCUT2D eigenvalue weighted by Crippen LogP contribution is 2.32. The standard InChI is InChI=1S/C15H27N3O/c1-18-12-13(10-17-18)9-15(11-16-7-8-19-2)14-5-3-4-6-14/h10,12,14-16H,3-9,11H2,1-2H3. The SMILES string of the molecule is COCCNCC(Cc1cnn(C)c1)C1CCCC1. The van der Waals surface area contributed by atoms with E-state index in [9.17, 15) is 0 Å². The normalized spacial score (nSPS) is 18.0. The molecule has 0 spiro atoms. The van der Waals surface area contributed by atoms with Crippen molar-refractivity contribution in [1.82, 2.24) is 15.1 Å². The summed E-state index contributed by atoms with van der Waals surface area (Å²) in [5.41, 5.74) is 1.37. The van der Waals surface area contributed by atoms with Crippen LogP contribution in [0, 0.1) is 11.8 Å². The summed E-state index contributed by atoms with van der Waals surface area (Å²) in [5.74, 6) is 1.62. The number of hydrogen-bond donors (Lipinski definition) is 1. The highest BCUT2D eigenvalue weighted by Gasteiger charge is 2.25. The summed E-state index contributed by atoms with van der Waals surface area (Å²) in [4.78, 5) is 0. The number of nitrogens with zero attached hydrogens (tertiary/aromatic N) is 2. The molecule has 1 atom stereocenters. The molecule has 1 fully saturated rings. The smallest absolute Gasteiger partial charge is 0.0587 e. The van der Waals surface area contributed by atoms with E-state index in [2.05, 4.69) is 16.6 Å². The molecule has 2 rings (SSSR count). The lowest BCUT2D eigenvalue weighted by molar-refractivity contribution is 0.195. The second-order valence-corrected chi connectivity index (χ2v) is 5.73. The molecule has 0 aliphatic heterocycles. The molecule has 1 aromatic rings. The Morgan fingerprint density at radius 3 is 2.89 bits per heavy atom. The Morgan fingerprint density at radius 1 is 1.47 bits per heavy atom. The largest absolute Gasteiger partial charge is 0.383 e. The first kappa shape index (κ1) is 14.5. The molecule has 1 N–H and O–H groups in total. The van der Waals surface area contributed by atoms with E-state index < -0.39 is 0 Å². The minimum Gasteiger partial charge on any atom is -0.383 e. The van der Waals surface area contributed by atoms with E-state index in [0.29, 0.717) is 0 Å². The molecule has 1 saturated carbocycles. The van der Waals surface area contributed by atoms with Gasteiger partial charge < -0.3 is 10.1 Å². The summed E-state index contributed by atoms with van der Waals surface area (Å²) >= 11 is 0. The molecule has 0 aromatic carbocycles. The zero-order valence-electron chi connectivity index (χ0n) is 12.3. The number of aryl methyl sites for hydroxylation is 1. The monoisotopic (exact) mass is 265 g/mol. The van der Waals surface area contributed by atoms with Gasteiger partial charge in [0.15, 0.2) is 0 Å². The van der Waals surface area contributed by atoms with Crippen molar-refractivity contribution in [2.24, 2.45) is 18.9 Å². The average molecular weight is 265 g/mol. The number of nitrogens with one attached hydrogen (secondary N) is 1. The molecule has 0 radical (unpaired) electrons. The van der Waals surface area contributed by atoms with Crippen molar-refractivity contribution in [3.8, 4) is 0 Å². The molecule has 4 heteroatoms. The fraction of sp³-hybridized carbons (Fsp3) is 0.800. The predicted octanol–water partition coefficient (Wildman–Crippen LogP) is 2.00. The molecular weight excluding hydrogens is 238 g/mol. The first-order valence-electron chi connectivity index (χ1n) is 7.46. The van der Waals surface area contributed by atoms with Gasteiger partial charge in [-0.1, -0.05) is 25.7 Å². The van der Waals surface area contributed by atoms with Crippen LogP contribution in [0.5, 0.6) is 0 Å². The van der Waals surface area contributed by atoms with E-state index in [1.165, 1.54) is 31.2 Å². The van der Waals surface area contributed by atoms with Crippen molar-refractivity contribution in [3.63, 3.8) is 0 Å². The summed E-state index contributed by atoms with van der Waals surface area (Å²) in [6.07, 6.45) is 10.9. The summed E-state index contributed by atoms with van der Waals surface area (Å²) in [6, 6.07) is 0. The van der Waals surface area contributed by atoms with Crippen LogP contribution in [0.4, 0.5) is 0 Å². The van der Waals surface area contributed by atoms with Gasteiger partial charge in [0.2, 0.25) is 0 Å². The second-order valence-electron chi connectivity index (χ2n) is 5.73. The quantitative estimate of drug-likeness (QED) is 0.731. The van der Waals surface area contributed by atoms with Gasteiger partial charge in [-0.25, -0.2) is 0 Å². The first-order valence-corrected chi connectivity index (χ1v) is 7.46. The molecule has 1 aliphatic rings. The lowest BCUT2D eigenvalue weighted by Gasteiger charge is -2.23. The summed E-state index contributed by atoms with van der Waals surface area (Å²) < 4.78 is 7.00. The Labute approximate surface area is 116 Å². The van der Waals surface area contributed by atoms with Crippen LogP contribution in [0.2, 0.25) is 0 Å². The van der Waals surface area contributed by atoms with Crippen LogP contribution in [-0.4, -0.2) is 36.6 Å². The van der Waals surface area contributed by atoms with Crippen molar-refractivity contribution in [2.45, 2.75) is 32.1 Å². The third kappa shape index (κ3) is 4.62. The Morgan fingerprint density at radius 2 is 2.26 bits per heavy atom. The van der Waals surface area contributed by atoms with Crippen LogP contribution in [0.25, 0.3) is 0 Å². The minimum atomic E-state index is 0.739. The van der Waals surface area contributed by atoms with E-state index in [1.807, 2.05) is 17.9 Å². The topological polar surface area (TPSA) is 39.1 Å². The lowest BCUT2D eigenvalue weighted by atomic mass is 9.86. The number of methoxy groups -OCH3 is 1. The summed E-state index contributed by atoms with van der Waals surface area (Å²) in [7, 11) is 3.75. The maximum atomic E-state index is 5.09. The minimum absolute atomic E-state index is 0.739. The molecular formula is C15H27N3O. The van der Waals surface area contributed by atoms with Gasteiger partial charge in [-0.05, 0) is 30.4 Å². The molecule has 1 aliphatic carbocycles. The van der Waals surface area contributed by atoms with Gasteiger partial charge in [-0.2, -0.15) is 5.10 Å². The van der Waals surface area contributed by atoms with Crippen molar-refractivity contribution in [3.05, 3.63) is 18.0 Å². The molecule has 0 saturated heterocycles. The van der Waals surface area contributed by atoms with Crippen LogP contribution in [0.3, 0.4) is 0 Å². The zero-order valence-corrected chi connectivity index (χ0v) is 12.3. The van der Waals surface area contributed by atoms with Crippen LogP contribution in [-0.2, 0) is 18.2 Å². The molecule has 1 aromatic heterocycles. The number of aromatic nitrogens is 2. The maximum absolute atomic E-state index is 5.09. The third-order valence-corrected chi connectivity index (χ3v) is 4.21. The van der Waals surface area contributed by atoms with Gasteiger partial charge in [0.25, 0.3) is 0 Å². The van der Waals surface area contributed by atoms with E-state index in [4.69, 9.17) is 4.74 Å². The van der Waals surface area contributed by atoms with Gasteiger partial charge >= 0.3 is 0 Å². The Hall–Kier alpha value is -0.870. The van der Waals surface area contributed by atoms with E-state index in [-0.39, 0.29) is 0 Å².